The quantitative estimate of drug-likeness (QED) is 0.725. The maximum absolute atomic E-state index is 12.3. The summed E-state index contributed by atoms with van der Waals surface area (Å²) in [7, 11) is -3.86. The van der Waals surface area contributed by atoms with E-state index >= 15 is 0 Å². The van der Waals surface area contributed by atoms with E-state index < -0.39 is 10.0 Å². The van der Waals surface area contributed by atoms with Crippen molar-refractivity contribution in [1.82, 2.24) is 0 Å². The van der Waals surface area contributed by atoms with Gasteiger partial charge in [0.05, 0.1) is 4.90 Å². The number of benzene rings is 1. The van der Waals surface area contributed by atoms with Gasteiger partial charge < -0.3 is 0 Å². The van der Waals surface area contributed by atoms with Gasteiger partial charge in [0.25, 0.3) is 10.0 Å². The van der Waals surface area contributed by atoms with Gasteiger partial charge in [-0.25, -0.2) is 0 Å². The Kier molecular flexibility index (Phi) is 7.45. The molecule has 0 aliphatic heterocycles. The van der Waals surface area contributed by atoms with E-state index in [1.165, 1.54) is 0 Å². The van der Waals surface area contributed by atoms with E-state index in [0.717, 1.165) is 42.8 Å². The van der Waals surface area contributed by atoms with E-state index in [-0.39, 0.29) is 10.7 Å². The van der Waals surface area contributed by atoms with Crippen molar-refractivity contribution in [3.63, 3.8) is 0 Å². The Morgan fingerprint density at radius 1 is 1.00 bits per heavy atom. The molecule has 1 aromatic carbocycles. The topological polar surface area (TPSA) is 46.5 Å². The molecule has 0 spiro atoms. The molecule has 5 heteroatoms. The first-order valence-corrected chi connectivity index (χ1v) is 10.2. The van der Waals surface area contributed by atoms with Crippen molar-refractivity contribution in [2.75, 3.05) is 11.5 Å². The summed E-state index contributed by atoms with van der Waals surface area (Å²) in [5, 5.41) is 0. The van der Waals surface area contributed by atoms with Gasteiger partial charge in [-0.3, -0.25) is 0 Å². The fourth-order valence-electron chi connectivity index (χ4n) is 1.69. The van der Waals surface area contributed by atoms with E-state index in [9.17, 15) is 8.42 Å². The molecule has 0 saturated carbocycles. The molecule has 0 fully saturated rings. The van der Waals surface area contributed by atoms with Crippen molar-refractivity contribution in [2.24, 2.45) is 3.77 Å². The summed E-state index contributed by atoms with van der Waals surface area (Å²) in [5.74, 6) is 1.78. The van der Waals surface area contributed by atoms with Gasteiger partial charge in [0.2, 0.25) is 0 Å². The monoisotopic (exact) mass is 315 g/mol. The average Bonchev–Trinajstić information content (AvgIpc) is 2.42. The normalized spacial score (nSPS) is 11.8. The molecule has 114 valence electrons. The second kappa shape index (κ2) is 8.57. The molecule has 0 aromatic heterocycles. The lowest BCUT2D eigenvalue weighted by molar-refractivity contribution is 0.598. The van der Waals surface area contributed by atoms with Crippen LogP contribution in [0.2, 0.25) is 0 Å². The third-order valence-electron chi connectivity index (χ3n) is 2.99. The summed E-state index contributed by atoms with van der Waals surface area (Å²) in [6.45, 7) is 6.19. The molecule has 0 bridgehead atoms. The van der Waals surface area contributed by atoms with Crippen LogP contribution in [0.25, 0.3) is 0 Å². The van der Waals surface area contributed by atoms with E-state index in [4.69, 9.17) is 0 Å². The molecular formula is C15H25NO2S2. The van der Waals surface area contributed by atoms with Crippen LogP contribution in [0.5, 0.6) is 0 Å². The molecule has 0 saturated heterocycles. The van der Waals surface area contributed by atoms with Gasteiger partial charge >= 0.3 is 0 Å². The minimum absolute atomic E-state index is 0.314. The summed E-state index contributed by atoms with van der Waals surface area (Å²) in [4.78, 5) is 0.314. The highest BCUT2D eigenvalue weighted by Crippen LogP contribution is 2.15. The Morgan fingerprint density at radius 3 is 1.95 bits per heavy atom. The summed E-state index contributed by atoms with van der Waals surface area (Å²) >= 11 is 0. The third-order valence-corrected chi connectivity index (χ3v) is 7.01. The Morgan fingerprint density at radius 2 is 1.50 bits per heavy atom. The van der Waals surface area contributed by atoms with Crippen molar-refractivity contribution in [3.8, 4) is 0 Å². The second-order valence-electron chi connectivity index (χ2n) is 4.94. The smallest absolute Gasteiger partial charge is 0.199 e. The van der Waals surface area contributed by atoms with Crippen LogP contribution in [0.15, 0.2) is 32.9 Å². The first kappa shape index (κ1) is 17.4. The predicted octanol–water partition coefficient (Wildman–Crippen LogP) is 4.09. The first-order chi connectivity index (χ1) is 9.49. The highest BCUT2D eigenvalue weighted by atomic mass is 32.3. The highest BCUT2D eigenvalue weighted by molar-refractivity contribution is 8.00. The molecule has 0 heterocycles. The molecule has 0 atom stereocenters. The Hall–Kier alpha value is -0.680. The minimum Gasteiger partial charge on any atom is -0.199 e. The molecule has 0 aliphatic carbocycles. The van der Waals surface area contributed by atoms with Crippen LogP contribution in [0.1, 0.15) is 45.1 Å². The minimum atomic E-state index is -3.50. The largest absolute Gasteiger partial charge is 0.287 e. The average molecular weight is 316 g/mol. The van der Waals surface area contributed by atoms with Gasteiger partial charge in [0.1, 0.15) is 0 Å². The van der Waals surface area contributed by atoms with Gasteiger partial charge in [-0.1, -0.05) is 55.1 Å². The third kappa shape index (κ3) is 5.75. The van der Waals surface area contributed by atoms with Crippen LogP contribution in [-0.4, -0.2) is 19.9 Å². The Labute approximate surface area is 126 Å². The molecular weight excluding hydrogens is 290 g/mol. The van der Waals surface area contributed by atoms with Gasteiger partial charge in [-0.2, -0.15) is 8.42 Å². The van der Waals surface area contributed by atoms with E-state index in [2.05, 4.69) is 17.6 Å². The molecule has 0 unspecified atom stereocenters. The van der Waals surface area contributed by atoms with Crippen LogP contribution in [-0.2, 0) is 20.7 Å². The zero-order valence-corrected chi connectivity index (χ0v) is 14.3. The molecule has 1 rings (SSSR count). The van der Waals surface area contributed by atoms with Crippen LogP contribution in [0.4, 0.5) is 0 Å². The highest BCUT2D eigenvalue weighted by Gasteiger charge is 2.13. The van der Waals surface area contributed by atoms with Crippen molar-refractivity contribution in [3.05, 3.63) is 29.8 Å². The van der Waals surface area contributed by atoms with Crippen molar-refractivity contribution in [2.45, 2.75) is 51.3 Å². The van der Waals surface area contributed by atoms with Crippen molar-refractivity contribution < 1.29 is 8.42 Å². The first-order valence-electron chi connectivity index (χ1n) is 7.22. The molecule has 20 heavy (non-hydrogen) atoms. The zero-order chi connectivity index (χ0) is 15.0. The molecule has 1 aromatic rings. The molecule has 0 aliphatic rings. The predicted molar refractivity (Wildman–Crippen MR) is 87.7 cm³/mol. The van der Waals surface area contributed by atoms with E-state index in [0.29, 0.717) is 4.90 Å². The molecule has 0 amide bonds. The van der Waals surface area contributed by atoms with Crippen LogP contribution in [0, 0.1) is 6.92 Å². The van der Waals surface area contributed by atoms with Crippen LogP contribution in [0.3, 0.4) is 0 Å². The number of hydrogen-bond acceptors (Lipinski definition) is 2. The van der Waals surface area contributed by atoms with E-state index in [1.807, 2.05) is 19.1 Å². The second-order valence-corrected chi connectivity index (χ2v) is 8.70. The lowest BCUT2D eigenvalue weighted by Crippen LogP contribution is -2.07. The van der Waals surface area contributed by atoms with Gasteiger partial charge in [0, 0.05) is 11.5 Å². The Bertz CT molecular complexity index is 523. The van der Waals surface area contributed by atoms with Crippen LogP contribution >= 0.6 is 0 Å². The fraction of sp³-hybridized carbons (Fsp3) is 0.600. The summed E-state index contributed by atoms with van der Waals surface area (Å²) in [5.41, 5.74) is 1.06. The Balaban J connectivity index is 2.96. The number of hydrogen-bond donors (Lipinski definition) is 0. The summed E-state index contributed by atoms with van der Waals surface area (Å²) in [6, 6.07) is 6.93. The number of unbranched alkanes of at least 4 members (excludes halogenated alkanes) is 2. The fourth-order valence-corrected chi connectivity index (χ4v) is 5.67. The van der Waals surface area contributed by atoms with Crippen LogP contribution < -0.4 is 0 Å². The van der Waals surface area contributed by atoms with Gasteiger partial charge in [-0.15, -0.1) is 3.77 Å². The maximum atomic E-state index is 12.3. The summed E-state index contributed by atoms with van der Waals surface area (Å²) < 4.78 is 28.8. The van der Waals surface area contributed by atoms with Gasteiger partial charge in [-0.05, 0) is 31.9 Å². The van der Waals surface area contributed by atoms with Crippen molar-refractivity contribution >= 4 is 20.7 Å². The molecule has 0 N–H and O–H groups in total. The number of nitrogens with zero attached hydrogens (tertiary/aromatic N) is 1. The zero-order valence-electron chi connectivity index (χ0n) is 12.6. The van der Waals surface area contributed by atoms with Gasteiger partial charge in [0.15, 0.2) is 0 Å². The lowest BCUT2D eigenvalue weighted by Gasteiger charge is -2.07. The molecule has 3 nitrogen and oxygen atoms in total. The van der Waals surface area contributed by atoms with Crippen molar-refractivity contribution in [1.29, 1.82) is 0 Å². The maximum Gasteiger partial charge on any atom is 0.287 e. The number of sulfonamides is 1. The number of aryl methyl sites for hydroxylation is 1. The summed E-state index contributed by atoms with van der Waals surface area (Å²) in [6.07, 6.45) is 4.24. The standard InChI is InChI=1S/C15H25NO2S2/c1-4-6-12-19(13-7-5-2)16-20(17,18)15-10-8-14(3)9-11-15/h8-11H,4-7,12-13H2,1-3H3. The number of rotatable bonds is 8. The van der Waals surface area contributed by atoms with E-state index in [1.54, 1.807) is 12.1 Å². The lowest BCUT2D eigenvalue weighted by atomic mass is 10.2. The molecule has 0 radical (unpaired) electrons. The SMILES string of the molecule is CCCCS(CCCC)=NS(=O)(=O)c1ccc(C)cc1.